The topological polar surface area (TPSA) is 66.2 Å². The molecule has 4 rings (SSSR count). The number of nitrogens with zero attached hydrogens (tertiary/aromatic N) is 2. The maximum atomic E-state index is 12.7. The number of rotatable bonds is 3. The van der Waals surface area contributed by atoms with Crippen molar-refractivity contribution < 1.29 is 19.1 Å². The second-order valence-electron chi connectivity index (χ2n) is 6.91. The predicted octanol–water partition coefficient (Wildman–Crippen LogP) is 2.66. The smallest absolute Gasteiger partial charge is 0.232 e. The molecule has 26 heavy (non-hydrogen) atoms. The Morgan fingerprint density at radius 3 is 2.62 bits per heavy atom. The van der Waals surface area contributed by atoms with Crippen LogP contribution in [0, 0.1) is 6.92 Å². The number of aryl methyl sites for hydroxylation is 1. The fourth-order valence-electron chi connectivity index (χ4n) is 3.34. The van der Waals surface area contributed by atoms with Crippen molar-refractivity contribution in [3.05, 3.63) is 52.7 Å². The van der Waals surface area contributed by atoms with Crippen molar-refractivity contribution in [2.45, 2.75) is 13.5 Å². The second kappa shape index (κ2) is 6.63. The van der Waals surface area contributed by atoms with Crippen molar-refractivity contribution in [1.82, 2.24) is 9.80 Å². The summed E-state index contributed by atoms with van der Waals surface area (Å²) in [7, 11) is 2.10. The first-order chi connectivity index (χ1) is 12.5. The molecule has 2 aliphatic rings. The minimum Gasteiger partial charge on any atom is -0.507 e. The maximum absolute atomic E-state index is 12.7. The Bertz CT molecular complexity index is 876. The Morgan fingerprint density at radius 2 is 1.92 bits per heavy atom. The van der Waals surface area contributed by atoms with E-state index < -0.39 is 0 Å². The average Bonchev–Trinajstić information content (AvgIpc) is 3.16. The number of phenols is 1. The van der Waals surface area contributed by atoms with Gasteiger partial charge in [0.1, 0.15) is 23.0 Å². The summed E-state index contributed by atoms with van der Waals surface area (Å²) in [6, 6.07) is 6.83. The van der Waals surface area contributed by atoms with Gasteiger partial charge in [0.05, 0.1) is 11.1 Å². The van der Waals surface area contributed by atoms with Crippen molar-refractivity contribution in [2.75, 3.05) is 33.2 Å². The van der Waals surface area contributed by atoms with Crippen LogP contribution in [0.3, 0.4) is 0 Å². The number of carbonyl (C=O) groups excluding carboxylic acids is 1. The molecule has 0 aliphatic carbocycles. The third-order valence-electron chi connectivity index (χ3n) is 4.93. The van der Waals surface area contributed by atoms with Crippen molar-refractivity contribution in [1.29, 1.82) is 0 Å². The molecule has 0 spiro atoms. The highest BCUT2D eigenvalue weighted by Gasteiger charge is 2.32. The third kappa shape index (κ3) is 3.13. The van der Waals surface area contributed by atoms with Gasteiger partial charge in [-0.15, -0.1) is 0 Å². The van der Waals surface area contributed by atoms with E-state index in [1.165, 1.54) is 0 Å². The molecule has 0 radical (unpaired) electrons. The molecule has 136 valence electrons. The van der Waals surface area contributed by atoms with E-state index in [2.05, 4.69) is 16.8 Å². The van der Waals surface area contributed by atoms with E-state index in [4.69, 9.17) is 9.15 Å². The highest BCUT2D eigenvalue weighted by atomic mass is 16.5. The summed E-state index contributed by atoms with van der Waals surface area (Å²) in [5.41, 5.74) is 1.15. The van der Waals surface area contributed by atoms with Crippen molar-refractivity contribution >= 4 is 11.9 Å². The molecule has 0 bridgehead atoms. The lowest BCUT2D eigenvalue weighted by Crippen LogP contribution is -2.43. The fourth-order valence-corrected chi connectivity index (χ4v) is 3.34. The molecule has 0 saturated carbocycles. The van der Waals surface area contributed by atoms with Crippen LogP contribution in [0.15, 0.2) is 34.4 Å². The number of ether oxygens (including phenoxy) is 1. The van der Waals surface area contributed by atoms with Crippen LogP contribution in [0.1, 0.15) is 27.4 Å². The van der Waals surface area contributed by atoms with E-state index in [1.54, 1.807) is 24.3 Å². The quantitative estimate of drug-likeness (QED) is 0.855. The molecule has 1 fully saturated rings. The first-order valence-electron chi connectivity index (χ1n) is 8.77. The second-order valence-corrected chi connectivity index (χ2v) is 6.91. The SMILES string of the molecule is Cc1ccc(/C=C2\Oc3c(ccc(O)c3CN3CCN(C)CC3)C2=O)o1. The van der Waals surface area contributed by atoms with Gasteiger partial charge in [-0.2, -0.15) is 0 Å². The number of furan rings is 1. The third-order valence-corrected chi connectivity index (χ3v) is 4.93. The number of aromatic hydroxyl groups is 1. The number of fused-ring (bicyclic) bond motifs is 1. The van der Waals surface area contributed by atoms with Gasteiger partial charge in [-0.05, 0) is 38.2 Å². The number of carbonyl (C=O) groups is 1. The Labute approximate surface area is 152 Å². The van der Waals surface area contributed by atoms with Crippen molar-refractivity contribution in [3.63, 3.8) is 0 Å². The molecule has 2 aliphatic heterocycles. The summed E-state index contributed by atoms with van der Waals surface area (Å²) in [6.07, 6.45) is 1.60. The maximum Gasteiger partial charge on any atom is 0.232 e. The zero-order valence-corrected chi connectivity index (χ0v) is 15.0. The summed E-state index contributed by atoms with van der Waals surface area (Å²) in [5.74, 6) is 2.00. The van der Waals surface area contributed by atoms with Gasteiger partial charge in [-0.25, -0.2) is 0 Å². The number of likely N-dealkylation sites (N-methyl/N-ethyl adjacent to an activating group) is 1. The first kappa shape index (κ1) is 16.9. The van der Waals surface area contributed by atoms with Gasteiger partial charge in [0.25, 0.3) is 0 Å². The van der Waals surface area contributed by atoms with Gasteiger partial charge < -0.3 is 19.2 Å². The number of benzene rings is 1. The lowest BCUT2D eigenvalue weighted by atomic mass is 10.0. The predicted molar refractivity (Wildman–Crippen MR) is 97.3 cm³/mol. The summed E-state index contributed by atoms with van der Waals surface area (Å²) < 4.78 is 11.4. The lowest BCUT2D eigenvalue weighted by Gasteiger charge is -2.32. The zero-order chi connectivity index (χ0) is 18.3. The summed E-state index contributed by atoms with van der Waals surface area (Å²) in [4.78, 5) is 17.2. The molecular formula is C20H22N2O4. The Balaban J connectivity index is 1.62. The average molecular weight is 354 g/mol. The van der Waals surface area contributed by atoms with Gasteiger partial charge in [0, 0.05) is 38.8 Å². The Morgan fingerprint density at radius 1 is 1.15 bits per heavy atom. The molecule has 1 aromatic heterocycles. The number of Topliss-reactive ketones (excluding diaryl/α,β-unsaturated/α-hetero) is 1. The van der Waals surface area contributed by atoms with E-state index in [0.29, 0.717) is 29.2 Å². The van der Waals surface area contributed by atoms with E-state index in [1.807, 2.05) is 13.0 Å². The van der Waals surface area contributed by atoms with Gasteiger partial charge in [0.15, 0.2) is 5.76 Å². The number of piperazine rings is 1. The number of hydrogen-bond donors (Lipinski definition) is 1. The van der Waals surface area contributed by atoms with Crippen LogP contribution in [0.25, 0.3) is 6.08 Å². The van der Waals surface area contributed by atoms with E-state index in [-0.39, 0.29) is 17.3 Å². The molecule has 0 amide bonds. The van der Waals surface area contributed by atoms with Gasteiger partial charge >= 0.3 is 0 Å². The number of hydrogen-bond acceptors (Lipinski definition) is 6. The molecule has 0 atom stereocenters. The van der Waals surface area contributed by atoms with Crippen LogP contribution in [0.2, 0.25) is 0 Å². The molecule has 0 unspecified atom stereocenters. The standard InChI is InChI=1S/C20H22N2O4/c1-13-3-4-14(25-13)11-18-19(24)15-5-6-17(23)16(20(15)26-18)12-22-9-7-21(2)8-10-22/h3-6,11,23H,7-10,12H2,1-2H3/b18-11-. The monoisotopic (exact) mass is 354 g/mol. The van der Waals surface area contributed by atoms with Gasteiger partial charge in [-0.3, -0.25) is 9.69 Å². The number of phenolic OH excluding ortho intramolecular Hbond substituents is 1. The summed E-state index contributed by atoms with van der Waals surface area (Å²) in [5, 5.41) is 10.4. The largest absolute Gasteiger partial charge is 0.507 e. The fraction of sp³-hybridized carbons (Fsp3) is 0.350. The highest BCUT2D eigenvalue weighted by Crippen LogP contribution is 2.40. The van der Waals surface area contributed by atoms with Gasteiger partial charge in [0.2, 0.25) is 5.78 Å². The van der Waals surface area contributed by atoms with E-state index >= 15 is 0 Å². The molecule has 1 saturated heterocycles. The molecular weight excluding hydrogens is 332 g/mol. The van der Waals surface area contributed by atoms with Crippen LogP contribution in [-0.2, 0) is 6.54 Å². The Kier molecular flexibility index (Phi) is 4.30. The summed E-state index contributed by atoms with van der Waals surface area (Å²) in [6.45, 7) is 6.21. The normalized spacial score (nSPS) is 19.8. The van der Waals surface area contributed by atoms with Crippen molar-refractivity contribution in [3.8, 4) is 11.5 Å². The molecule has 3 heterocycles. The van der Waals surface area contributed by atoms with Crippen LogP contribution in [-0.4, -0.2) is 53.9 Å². The molecule has 6 nitrogen and oxygen atoms in total. The highest BCUT2D eigenvalue weighted by molar-refractivity contribution is 6.14. The van der Waals surface area contributed by atoms with E-state index in [0.717, 1.165) is 31.9 Å². The van der Waals surface area contributed by atoms with E-state index in [9.17, 15) is 9.90 Å². The molecule has 1 N–H and O–H groups in total. The number of ketones is 1. The van der Waals surface area contributed by atoms with Crippen LogP contribution in [0.4, 0.5) is 0 Å². The van der Waals surface area contributed by atoms with Crippen LogP contribution >= 0.6 is 0 Å². The minimum atomic E-state index is -0.186. The van der Waals surface area contributed by atoms with Crippen LogP contribution in [0.5, 0.6) is 11.5 Å². The lowest BCUT2D eigenvalue weighted by molar-refractivity contribution is 0.101. The first-order valence-corrected chi connectivity index (χ1v) is 8.77. The van der Waals surface area contributed by atoms with Crippen LogP contribution < -0.4 is 4.74 Å². The zero-order valence-electron chi connectivity index (χ0n) is 15.0. The van der Waals surface area contributed by atoms with Crippen molar-refractivity contribution in [2.24, 2.45) is 0 Å². The summed E-state index contributed by atoms with van der Waals surface area (Å²) >= 11 is 0. The molecule has 1 aromatic carbocycles. The molecule has 2 aromatic rings. The number of allylic oxidation sites excluding steroid dienone is 1. The molecule has 6 heteroatoms. The van der Waals surface area contributed by atoms with Gasteiger partial charge in [-0.1, -0.05) is 0 Å². The minimum absolute atomic E-state index is 0.158. The Hall–Kier alpha value is -2.57.